The highest BCUT2D eigenvalue weighted by molar-refractivity contribution is 6.32. The standard InChI is InChI=1S/C22H19ClN2O8/c1-31-17-9-13(8-16-20(27)25(22(30)24-16)10-18(26)32-2)7-15(23)19(17)33-11-12-3-5-14(6-4-12)21(28)29/h3-9H,10-11H2,1-2H3,(H,24,30)(H,28,29)/b16-8+. The van der Waals surface area contributed by atoms with Crippen LogP contribution in [-0.2, 0) is 20.9 Å². The molecule has 1 fully saturated rings. The zero-order chi connectivity index (χ0) is 24.1. The van der Waals surface area contributed by atoms with E-state index in [0.29, 0.717) is 11.1 Å². The number of imide groups is 1. The highest BCUT2D eigenvalue weighted by Gasteiger charge is 2.35. The van der Waals surface area contributed by atoms with Crippen LogP contribution >= 0.6 is 11.6 Å². The monoisotopic (exact) mass is 474 g/mol. The molecule has 0 saturated carbocycles. The third-order valence-electron chi connectivity index (χ3n) is 4.62. The van der Waals surface area contributed by atoms with E-state index in [1.54, 1.807) is 18.2 Å². The third-order valence-corrected chi connectivity index (χ3v) is 4.90. The molecule has 0 bridgehead atoms. The second-order valence-electron chi connectivity index (χ2n) is 6.78. The number of methoxy groups -OCH3 is 2. The number of carboxylic acids is 1. The number of carbonyl (C=O) groups is 4. The van der Waals surface area contributed by atoms with Gasteiger partial charge in [-0.15, -0.1) is 0 Å². The Bertz CT molecular complexity index is 1140. The number of benzene rings is 2. The van der Waals surface area contributed by atoms with Crippen LogP contribution in [0.15, 0.2) is 42.1 Å². The van der Waals surface area contributed by atoms with Gasteiger partial charge in [0, 0.05) is 0 Å². The average molecular weight is 475 g/mol. The molecule has 2 N–H and O–H groups in total. The number of carboxylic acid groups (broad SMARTS) is 1. The van der Waals surface area contributed by atoms with E-state index >= 15 is 0 Å². The number of aromatic carboxylic acids is 1. The van der Waals surface area contributed by atoms with Crippen LogP contribution in [-0.4, -0.2) is 54.6 Å². The van der Waals surface area contributed by atoms with Gasteiger partial charge in [-0.1, -0.05) is 23.7 Å². The summed E-state index contributed by atoms with van der Waals surface area (Å²) in [6.07, 6.45) is 1.39. The van der Waals surface area contributed by atoms with Gasteiger partial charge in [0.15, 0.2) is 11.5 Å². The number of carbonyl (C=O) groups excluding carboxylic acids is 3. The highest BCUT2D eigenvalue weighted by atomic mass is 35.5. The first-order valence-corrected chi connectivity index (χ1v) is 9.85. The molecule has 172 valence electrons. The molecule has 0 aromatic heterocycles. The summed E-state index contributed by atoms with van der Waals surface area (Å²) in [6, 6.07) is 8.50. The molecule has 0 radical (unpaired) electrons. The highest BCUT2D eigenvalue weighted by Crippen LogP contribution is 2.37. The summed E-state index contributed by atoms with van der Waals surface area (Å²) in [5.74, 6) is -1.92. The molecule has 3 rings (SSSR count). The fourth-order valence-electron chi connectivity index (χ4n) is 2.94. The molecule has 0 spiro atoms. The molecule has 1 aliphatic heterocycles. The van der Waals surface area contributed by atoms with Crippen molar-refractivity contribution < 1.29 is 38.5 Å². The molecular formula is C22H19ClN2O8. The summed E-state index contributed by atoms with van der Waals surface area (Å²) in [7, 11) is 2.57. The minimum atomic E-state index is -1.03. The second-order valence-corrected chi connectivity index (χ2v) is 7.19. The molecule has 1 saturated heterocycles. The number of urea groups is 1. The fourth-order valence-corrected chi connectivity index (χ4v) is 3.21. The van der Waals surface area contributed by atoms with Crippen LogP contribution in [0.3, 0.4) is 0 Å². The zero-order valence-electron chi connectivity index (χ0n) is 17.6. The minimum Gasteiger partial charge on any atom is -0.493 e. The topological polar surface area (TPSA) is 131 Å². The number of esters is 1. The van der Waals surface area contributed by atoms with Crippen LogP contribution < -0.4 is 14.8 Å². The van der Waals surface area contributed by atoms with E-state index in [9.17, 15) is 19.2 Å². The minimum absolute atomic E-state index is 0.0470. The SMILES string of the molecule is COC(=O)CN1C(=O)N/C(=C/c2cc(Cl)c(OCc3ccc(C(=O)O)cc3)c(OC)c2)C1=O. The molecule has 33 heavy (non-hydrogen) atoms. The first-order valence-electron chi connectivity index (χ1n) is 9.47. The normalized spacial score (nSPS) is 14.3. The summed E-state index contributed by atoms with van der Waals surface area (Å²) in [5.41, 5.74) is 1.27. The predicted molar refractivity (Wildman–Crippen MR) is 116 cm³/mol. The number of ether oxygens (including phenoxy) is 3. The maximum Gasteiger partial charge on any atom is 0.335 e. The van der Waals surface area contributed by atoms with E-state index in [0.717, 1.165) is 12.0 Å². The van der Waals surface area contributed by atoms with Gasteiger partial charge in [0.1, 0.15) is 18.8 Å². The summed E-state index contributed by atoms with van der Waals surface area (Å²) >= 11 is 6.36. The van der Waals surface area contributed by atoms with Gasteiger partial charge in [0.05, 0.1) is 24.8 Å². The van der Waals surface area contributed by atoms with Crippen LogP contribution in [0.1, 0.15) is 21.5 Å². The van der Waals surface area contributed by atoms with Gasteiger partial charge in [-0.25, -0.2) is 14.5 Å². The Hall–Kier alpha value is -4.05. The molecular weight excluding hydrogens is 456 g/mol. The van der Waals surface area contributed by atoms with Crippen molar-refractivity contribution in [2.75, 3.05) is 20.8 Å². The van der Waals surface area contributed by atoms with Gasteiger partial charge < -0.3 is 24.6 Å². The Balaban J connectivity index is 1.79. The van der Waals surface area contributed by atoms with E-state index in [1.165, 1.54) is 31.4 Å². The molecule has 11 heteroatoms. The Morgan fingerprint density at radius 1 is 1.15 bits per heavy atom. The zero-order valence-corrected chi connectivity index (χ0v) is 18.3. The number of nitrogens with zero attached hydrogens (tertiary/aromatic N) is 1. The van der Waals surface area contributed by atoms with Crippen molar-refractivity contribution in [2.24, 2.45) is 0 Å². The van der Waals surface area contributed by atoms with Crippen molar-refractivity contribution in [1.29, 1.82) is 0 Å². The summed E-state index contributed by atoms with van der Waals surface area (Å²) < 4.78 is 15.6. The number of hydrogen-bond donors (Lipinski definition) is 2. The van der Waals surface area contributed by atoms with Gasteiger partial charge in [-0.05, 0) is 41.5 Å². The average Bonchev–Trinajstić information content (AvgIpc) is 3.05. The molecule has 0 atom stereocenters. The number of hydrogen-bond acceptors (Lipinski definition) is 7. The van der Waals surface area contributed by atoms with Crippen LogP contribution in [0.5, 0.6) is 11.5 Å². The Morgan fingerprint density at radius 3 is 2.45 bits per heavy atom. The van der Waals surface area contributed by atoms with Gasteiger partial charge in [0.2, 0.25) is 0 Å². The lowest BCUT2D eigenvalue weighted by Crippen LogP contribution is -2.36. The van der Waals surface area contributed by atoms with Crippen molar-refractivity contribution >= 4 is 41.6 Å². The number of rotatable bonds is 8. The van der Waals surface area contributed by atoms with E-state index in [-0.39, 0.29) is 34.4 Å². The molecule has 1 heterocycles. The van der Waals surface area contributed by atoms with E-state index in [4.69, 9.17) is 26.2 Å². The van der Waals surface area contributed by atoms with Crippen molar-refractivity contribution in [2.45, 2.75) is 6.61 Å². The summed E-state index contributed by atoms with van der Waals surface area (Å²) in [6.45, 7) is -0.406. The van der Waals surface area contributed by atoms with Crippen LogP contribution in [0.25, 0.3) is 6.08 Å². The number of halogens is 1. The van der Waals surface area contributed by atoms with Crippen LogP contribution in [0.2, 0.25) is 5.02 Å². The lowest BCUT2D eigenvalue weighted by atomic mass is 10.1. The van der Waals surface area contributed by atoms with Crippen LogP contribution in [0, 0.1) is 0 Å². The van der Waals surface area contributed by atoms with E-state index < -0.39 is 30.4 Å². The summed E-state index contributed by atoms with van der Waals surface area (Å²) in [5, 5.41) is 11.6. The van der Waals surface area contributed by atoms with Crippen molar-refractivity contribution in [3.8, 4) is 11.5 Å². The van der Waals surface area contributed by atoms with E-state index in [2.05, 4.69) is 10.1 Å². The number of amides is 3. The van der Waals surface area contributed by atoms with Crippen molar-refractivity contribution in [3.63, 3.8) is 0 Å². The molecule has 3 amide bonds. The molecule has 0 aliphatic carbocycles. The van der Waals surface area contributed by atoms with Crippen molar-refractivity contribution in [1.82, 2.24) is 10.2 Å². The molecule has 10 nitrogen and oxygen atoms in total. The fraction of sp³-hybridized carbons (Fsp3) is 0.182. The third kappa shape index (κ3) is 5.42. The quantitative estimate of drug-likeness (QED) is 0.339. The van der Waals surface area contributed by atoms with Gasteiger partial charge >= 0.3 is 18.0 Å². The summed E-state index contributed by atoms with van der Waals surface area (Å²) in [4.78, 5) is 47.5. The molecule has 0 unspecified atom stereocenters. The molecule has 2 aromatic rings. The Labute approximate surface area is 193 Å². The first-order chi connectivity index (χ1) is 15.7. The second kappa shape index (κ2) is 10.0. The lowest BCUT2D eigenvalue weighted by molar-refractivity contribution is -0.143. The van der Waals surface area contributed by atoms with Gasteiger partial charge in [-0.3, -0.25) is 9.59 Å². The largest absolute Gasteiger partial charge is 0.493 e. The van der Waals surface area contributed by atoms with Gasteiger partial charge in [-0.2, -0.15) is 0 Å². The molecule has 1 aliphatic rings. The Morgan fingerprint density at radius 2 is 1.85 bits per heavy atom. The maximum atomic E-state index is 12.4. The Kier molecular flexibility index (Phi) is 7.19. The van der Waals surface area contributed by atoms with Gasteiger partial charge in [0.25, 0.3) is 5.91 Å². The molecule has 2 aromatic carbocycles. The first kappa shape index (κ1) is 23.6. The van der Waals surface area contributed by atoms with E-state index in [1.807, 2.05) is 0 Å². The van der Waals surface area contributed by atoms with Crippen molar-refractivity contribution in [3.05, 3.63) is 63.8 Å². The lowest BCUT2D eigenvalue weighted by Gasteiger charge is -2.14. The van der Waals surface area contributed by atoms with Crippen LogP contribution in [0.4, 0.5) is 4.79 Å². The number of nitrogens with one attached hydrogen (secondary N) is 1. The predicted octanol–water partition coefficient (Wildman–Crippen LogP) is 2.69. The maximum absolute atomic E-state index is 12.4. The smallest absolute Gasteiger partial charge is 0.335 e.